The van der Waals surface area contributed by atoms with Gasteiger partial charge in [-0.15, -0.1) is 11.6 Å². The Morgan fingerprint density at radius 1 is 1.55 bits per heavy atom. The highest BCUT2D eigenvalue weighted by atomic mass is 35.5. The van der Waals surface area contributed by atoms with Crippen molar-refractivity contribution in [3.05, 3.63) is 18.6 Å². The summed E-state index contributed by atoms with van der Waals surface area (Å²) in [5.74, 6) is 0.806. The predicted molar refractivity (Wildman–Crippen MR) is 78.0 cm³/mol. The summed E-state index contributed by atoms with van der Waals surface area (Å²) >= 11 is 5.54. The van der Waals surface area contributed by atoms with Gasteiger partial charge in [0, 0.05) is 25.3 Å². The molecule has 0 aliphatic carbocycles. The van der Waals surface area contributed by atoms with Crippen molar-refractivity contribution in [2.45, 2.75) is 18.9 Å². The van der Waals surface area contributed by atoms with Crippen molar-refractivity contribution in [3.8, 4) is 0 Å². The number of piperidine rings is 1. The van der Waals surface area contributed by atoms with Gasteiger partial charge in [0.15, 0.2) is 0 Å². The molecular weight excluding hydrogens is 278 g/mol. The van der Waals surface area contributed by atoms with Gasteiger partial charge in [0.25, 0.3) is 0 Å². The smallest absolute Gasteiger partial charge is 0.235 e. The maximum Gasteiger partial charge on any atom is 0.235 e. The van der Waals surface area contributed by atoms with Crippen molar-refractivity contribution in [2.75, 3.05) is 23.9 Å². The van der Waals surface area contributed by atoms with Gasteiger partial charge < -0.3 is 15.2 Å². The highest BCUT2D eigenvalue weighted by Crippen LogP contribution is 2.24. The first-order chi connectivity index (χ1) is 9.78. The number of nitrogens with zero attached hydrogens (tertiary/aromatic N) is 3. The predicted octanol–water partition coefficient (Wildman–Crippen LogP) is 1.28. The summed E-state index contributed by atoms with van der Waals surface area (Å²) in [6.07, 6.45) is 5.41. The third-order valence-electron chi connectivity index (χ3n) is 3.54. The van der Waals surface area contributed by atoms with Crippen LogP contribution in [0.2, 0.25) is 0 Å². The number of aromatic nitrogens is 3. The van der Waals surface area contributed by atoms with Crippen LogP contribution in [0.1, 0.15) is 12.8 Å². The number of hydrogen-bond acceptors (Lipinski definition) is 4. The zero-order chi connectivity index (χ0) is 13.9. The molecule has 1 amide bonds. The van der Waals surface area contributed by atoms with Gasteiger partial charge in [0.05, 0.1) is 5.39 Å². The van der Waals surface area contributed by atoms with Gasteiger partial charge in [-0.3, -0.25) is 4.79 Å². The number of rotatable bonds is 3. The van der Waals surface area contributed by atoms with Crippen LogP contribution in [0, 0.1) is 0 Å². The van der Waals surface area contributed by atoms with E-state index >= 15 is 0 Å². The molecule has 1 atom stereocenters. The molecule has 20 heavy (non-hydrogen) atoms. The van der Waals surface area contributed by atoms with Crippen molar-refractivity contribution in [1.82, 2.24) is 20.3 Å². The van der Waals surface area contributed by atoms with E-state index in [0.29, 0.717) is 0 Å². The molecule has 2 aromatic rings. The summed E-state index contributed by atoms with van der Waals surface area (Å²) in [5.41, 5.74) is 0.835. The number of hydrogen-bond donors (Lipinski definition) is 2. The third kappa shape index (κ3) is 2.56. The van der Waals surface area contributed by atoms with E-state index in [4.69, 9.17) is 11.6 Å². The number of alkyl halides is 1. The van der Waals surface area contributed by atoms with Crippen LogP contribution in [0.3, 0.4) is 0 Å². The van der Waals surface area contributed by atoms with E-state index in [-0.39, 0.29) is 17.8 Å². The normalized spacial score (nSPS) is 19.2. The molecule has 7 heteroatoms. The van der Waals surface area contributed by atoms with Crippen molar-refractivity contribution in [3.63, 3.8) is 0 Å². The first-order valence-electron chi connectivity index (χ1n) is 6.66. The van der Waals surface area contributed by atoms with Crippen molar-refractivity contribution < 1.29 is 4.79 Å². The van der Waals surface area contributed by atoms with Crippen LogP contribution in [-0.4, -0.2) is 45.9 Å². The molecule has 6 nitrogen and oxygen atoms in total. The Kier molecular flexibility index (Phi) is 3.73. The van der Waals surface area contributed by atoms with Crippen molar-refractivity contribution in [1.29, 1.82) is 0 Å². The zero-order valence-corrected chi connectivity index (χ0v) is 11.7. The lowest BCUT2D eigenvalue weighted by atomic mass is 10.1. The molecule has 2 N–H and O–H groups in total. The molecule has 0 radical (unpaired) electrons. The average molecular weight is 294 g/mol. The Morgan fingerprint density at radius 2 is 2.45 bits per heavy atom. The monoisotopic (exact) mass is 293 g/mol. The fourth-order valence-corrected chi connectivity index (χ4v) is 2.74. The largest absolute Gasteiger partial charge is 0.354 e. The lowest BCUT2D eigenvalue weighted by molar-refractivity contribution is -0.119. The number of anilines is 1. The SMILES string of the molecule is O=C(CCl)NC1CCCN(c2ncnc3[nH]ccc23)C1. The molecule has 2 aromatic heterocycles. The Hall–Kier alpha value is -1.82. The lowest BCUT2D eigenvalue weighted by Crippen LogP contribution is -2.48. The first kappa shape index (κ1) is 13.2. The fraction of sp³-hybridized carbons (Fsp3) is 0.462. The minimum atomic E-state index is -0.118. The molecule has 0 bridgehead atoms. The van der Waals surface area contributed by atoms with Crippen LogP contribution in [0.25, 0.3) is 11.0 Å². The molecule has 1 aliphatic heterocycles. The van der Waals surface area contributed by atoms with Crippen LogP contribution >= 0.6 is 11.6 Å². The Bertz CT molecular complexity index is 614. The molecule has 1 unspecified atom stereocenters. The molecule has 0 aromatic carbocycles. The number of carbonyl (C=O) groups excluding carboxylic acids is 1. The number of aromatic amines is 1. The molecule has 106 valence electrons. The van der Waals surface area contributed by atoms with Crippen LogP contribution in [0.15, 0.2) is 18.6 Å². The Morgan fingerprint density at radius 3 is 3.30 bits per heavy atom. The van der Waals surface area contributed by atoms with Crippen LogP contribution < -0.4 is 10.2 Å². The summed E-state index contributed by atoms with van der Waals surface area (Å²) in [6, 6.07) is 2.10. The standard InChI is InChI=1S/C13H16ClN5O/c14-6-11(20)18-9-2-1-5-19(7-9)13-10-3-4-15-12(10)16-8-17-13/h3-4,8-9H,1-2,5-7H2,(H,18,20)(H,15,16,17). The number of H-pyrrole nitrogens is 1. The number of nitrogens with one attached hydrogen (secondary N) is 2. The van der Waals surface area contributed by atoms with Gasteiger partial charge in [0.2, 0.25) is 5.91 Å². The van der Waals surface area contributed by atoms with E-state index < -0.39 is 0 Å². The topological polar surface area (TPSA) is 73.9 Å². The summed E-state index contributed by atoms with van der Waals surface area (Å²) in [5, 5.41) is 3.96. The highest BCUT2D eigenvalue weighted by Gasteiger charge is 2.23. The number of halogens is 1. The van der Waals surface area contributed by atoms with Crippen LogP contribution in [0.5, 0.6) is 0 Å². The number of carbonyl (C=O) groups is 1. The molecule has 1 saturated heterocycles. The minimum Gasteiger partial charge on any atom is -0.354 e. The molecule has 1 fully saturated rings. The summed E-state index contributed by atoms with van der Waals surface area (Å²) in [7, 11) is 0. The van der Waals surface area contributed by atoms with E-state index in [2.05, 4.69) is 25.2 Å². The van der Waals surface area contributed by atoms with E-state index in [1.54, 1.807) is 6.33 Å². The maximum absolute atomic E-state index is 11.4. The van der Waals surface area contributed by atoms with Crippen LogP contribution in [0.4, 0.5) is 5.82 Å². The van der Waals surface area contributed by atoms with Crippen molar-refractivity contribution in [2.24, 2.45) is 0 Å². The Labute approximate surface area is 121 Å². The van der Waals surface area contributed by atoms with E-state index in [1.165, 1.54) is 0 Å². The quantitative estimate of drug-likeness (QED) is 0.836. The van der Waals surface area contributed by atoms with E-state index in [0.717, 1.165) is 42.8 Å². The van der Waals surface area contributed by atoms with Gasteiger partial charge in [-0.05, 0) is 18.9 Å². The summed E-state index contributed by atoms with van der Waals surface area (Å²) < 4.78 is 0. The molecular formula is C13H16ClN5O. The molecule has 3 rings (SSSR count). The summed E-state index contributed by atoms with van der Waals surface area (Å²) in [6.45, 7) is 1.68. The molecule has 0 spiro atoms. The number of fused-ring (bicyclic) bond motifs is 1. The second-order valence-corrected chi connectivity index (χ2v) is 5.19. The van der Waals surface area contributed by atoms with Gasteiger partial charge in [-0.2, -0.15) is 0 Å². The fourth-order valence-electron chi connectivity index (χ4n) is 2.66. The van der Waals surface area contributed by atoms with Gasteiger partial charge >= 0.3 is 0 Å². The molecule has 1 aliphatic rings. The molecule has 3 heterocycles. The van der Waals surface area contributed by atoms with Gasteiger partial charge in [0.1, 0.15) is 23.7 Å². The van der Waals surface area contributed by atoms with Gasteiger partial charge in [-0.1, -0.05) is 0 Å². The third-order valence-corrected chi connectivity index (χ3v) is 3.78. The van der Waals surface area contributed by atoms with Crippen molar-refractivity contribution >= 4 is 34.4 Å². The second-order valence-electron chi connectivity index (χ2n) is 4.92. The van der Waals surface area contributed by atoms with E-state index in [9.17, 15) is 4.79 Å². The zero-order valence-electron chi connectivity index (χ0n) is 11.0. The first-order valence-corrected chi connectivity index (χ1v) is 7.19. The number of amides is 1. The maximum atomic E-state index is 11.4. The van der Waals surface area contributed by atoms with Gasteiger partial charge in [-0.25, -0.2) is 9.97 Å². The second kappa shape index (κ2) is 5.66. The lowest BCUT2D eigenvalue weighted by Gasteiger charge is -2.34. The van der Waals surface area contributed by atoms with Crippen LogP contribution in [-0.2, 0) is 4.79 Å². The Balaban J connectivity index is 1.79. The average Bonchev–Trinajstić information content (AvgIpc) is 2.95. The highest BCUT2D eigenvalue weighted by molar-refractivity contribution is 6.27. The minimum absolute atomic E-state index is 0.00601. The van der Waals surface area contributed by atoms with E-state index in [1.807, 2.05) is 12.3 Å². The molecule has 0 saturated carbocycles. The summed E-state index contributed by atoms with van der Waals surface area (Å²) in [4.78, 5) is 25.3.